The van der Waals surface area contributed by atoms with Crippen LogP contribution in [-0.4, -0.2) is 22.3 Å². The molecule has 0 saturated heterocycles. The summed E-state index contributed by atoms with van der Waals surface area (Å²) in [5, 5.41) is 14.4. The van der Waals surface area contributed by atoms with Crippen LogP contribution < -0.4 is 11.1 Å². The first kappa shape index (κ1) is 12.4. The second kappa shape index (κ2) is 4.46. The second-order valence-corrected chi connectivity index (χ2v) is 5.70. The van der Waals surface area contributed by atoms with Crippen molar-refractivity contribution in [2.45, 2.75) is 32.2 Å². The van der Waals surface area contributed by atoms with Crippen LogP contribution in [0.15, 0.2) is 24.3 Å². The third-order valence-corrected chi connectivity index (χ3v) is 4.18. The standard InChI is InChI=1S/C15H20N4/c1-10-12-5-3-4-6-13(12)14(19-18-10)17-15(2,9-16)11-7-8-11/h3-6,11H,7-9,16H2,1-2H3,(H,17,19). The molecule has 0 amide bonds. The van der Waals surface area contributed by atoms with Gasteiger partial charge in [-0.15, -0.1) is 5.10 Å². The summed E-state index contributed by atoms with van der Waals surface area (Å²) < 4.78 is 0. The van der Waals surface area contributed by atoms with E-state index in [9.17, 15) is 0 Å². The normalized spacial score (nSPS) is 18.3. The topological polar surface area (TPSA) is 63.8 Å². The Bertz CT molecular complexity index is 606. The summed E-state index contributed by atoms with van der Waals surface area (Å²) in [6, 6.07) is 8.24. The predicted octanol–water partition coefficient (Wildman–Crippen LogP) is 2.48. The van der Waals surface area contributed by atoms with E-state index in [1.54, 1.807) is 0 Å². The van der Waals surface area contributed by atoms with Gasteiger partial charge in [-0.1, -0.05) is 24.3 Å². The lowest BCUT2D eigenvalue weighted by Crippen LogP contribution is -2.45. The smallest absolute Gasteiger partial charge is 0.157 e. The van der Waals surface area contributed by atoms with Gasteiger partial charge in [0.25, 0.3) is 0 Å². The number of aryl methyl sites for hydroxylation is 1. The Balaban J connectivity index is 2.03. The van der Waals surface area contributed by atoms with Crippen LogP contribution in [-0.2, 0) is 0 Å². The summed E-state index contributed by atoms with van der Waals surface area (Å²) in [7, 11) is 0. The van der Waals surface area contributed by atoms with E-state index in [2.05, 4.69) is 34.6 Å². The lowest BCUT2D eigenvalue weighted by Gasteiger charge is -2.30. The molecule has 0 aliphatic heterocycles. The van der Waals surface area contributed by atoms with Gasteiger partial charge in [0, 0.05) is 17.3 Å². The molecule has 1 aliphatic rings. The maximum Gasteiger partial charge on any atom is 0.157 e. The van der Waals surface area contributed by atoms with Crippen LogP contribution in [0.25, 0.3) is 10.8 Å². The molecule has 4 heteroatoms. The van der Waals surface area contributed by atoms with Crippen molar-refractivity contribution in [3.05, 3.63) is 30.0 Å². The number of nitrogens with one attached hydrogen (secondary N) is 1. The zero-order valence-electron chi connectivity index (χ0n) is 11.5. The Morgan fingerprint density at radius 1 is 1.26 bits per heavy atom. The quantitative estimate of drug-likeness (QED) is 0.882. The third-order valence-electron chi connectivity index (χ3n) is 4.18. The average molecular weight is 256 g/mol. The number of benzene rings is 1. The zero-order chi connectivity index (χ0) is 13.5. The first-order valence-electron chi connectivity index (χ1n) is 6.84. The fourth-order valence-electron chi connectivity index (χ4n) is 2.64. The van der Waals surface area contributed by atoms with Gasteiger partial charge in [-0.2, -0.15) is 5.10 Å². The minimum Gasteiger partial charge on any atom is -0.361 e. The van der Waals surface area contributed by atoms with Gasteiger partial charge < -0.3 is 11.1 Å². The minimum absolute atomic E-state index is 0.0767. The molecular formula is C15H20N4. The molecule has 1 saturated carbocycles. The Kier molecular flexibility index (Phi) is 2.90. The fourth-order valence-corrected chi connectivity index (χ4v) is 2.64. The van der Waals surface area contributed by atoms with Crippen molar-refractivity contribution in [1.82, 2.24) is 10.2 Å². The van der Waals surface area contributed by atoms with Gasteiger partial charge in [-0.3, -0.25) is 0 Å². The van der Waals surface area contributed by atoms with E-state index in [0.29, 0.717) is 12.5 Å². The molecule has 1 aliphatic carbocycles. The summed E-state index contributed by atoms with van der Waals surface area (Å²) in [6.45, 7) is 4.78. The zero-order valence-corrected chi connectivity index (χ0v) is 11.5. The molecule has 0 radical (unpaired) electrons. The minimum atomic E-state index is -0.0767. The molecule has 0 spiro atoms. The Morgan fingerprint density at radius 3 is 2.58 bits per heavy atom. The van der Waals surface area contributed by atoms with Crippen molar-refractivity contribution in [1.29, 1.82) is 0 Å². The van der Waals surface area contributed by atoms with Gasteiger partial charge in [0.15, 0.2) is 5.82 Å². The third kappa shape index (κ3) is 2.16. The molecule has 0 bridgehead atoms. The number of nitrogens with two attached hydrogens (primary N) is 1. The molecule has 100 valence electrons. The van der Waals surface area contributed by atoms with E-state index in [-0.39, 0.29) is 5.54 Å². The summed E-state index contributed by atoms with van der Waals surface area (Å²) in [6.07, 6.45) is 2.50. The highest BCUT2D eigenvalue weighted by Gasteiger charge is 2.41. The molecule has 1 fully saturated rings. The van der Waals surface area contributed by atoms with Gasteiger partial charge in [-0.25, -0.2) is 0 Å². The molecular weight excluding hydrogens is 236 g/mol. The molecule has 3 rings (SSSR count). The fraction of sp³-hybridized carbons (Fsp3) is 0.467. The average Bonchev–Trinajstić information content (AvgIpc) is 3.27. The van der Waals surface area contributed by atoms with E-state index in [4.69, 9.17) is 5.73 Å². The van der Waals surface area contributed by atoms with Crippen molar-refractivity contribution in [3.63, 3.8) is 0 Å². The number of nitrogens with zero attached hydrogens (tertiary/aromatic N) is 2. The Hall–Kier alpha value is -1.68. The molecule has 1 unspecified atom stereocenters. The van der Waals surface area contributed by atoms with Crippen molar-refractivity contribution < 1.29 is 0 Å². The van der Waals surface area contributed by atoms with Crippen molar-refractivity contribution in [3.8, 4) is 0 Å². The molecule has 1 aromatic heterocycles. The lowest BCUT2D eigenvalue weighted by atomic mass is 9.95. The number of anilines is 1. The van der Waals surface area contributed by atoms with Crippen LogP contribution in [0.3, 0.4) is 0 Å². The molecule has 1 atom stereocenters. The monoisotopic (exact) mass is 256 g/mol. The highest BCUT2D eigenvalue weighted by Crippen LogP contribution is 2.41. The highest BCUT2D eigenvalue weighted by molar-refractivity contribution is 5.93. The Labute approximate surface area is 113 Å². The van der Waals surface area contributed by atoms with Gasteiger partial charge >= 0.3 is 0 Å². The van der Waals surface area contributed by atoms with Crippen LogP contribution in [0, 0.1) is 12.8 Å². The van der Waals surface area contributed by atoms with E-state index in [1.165, 1.54) is 12.8 Å². The summed E-state index contributed by atoms with van der Waals surface area (Å²) in [4.78, 5) is 0. The summed E-state index contributed by atoms with van der Waals surface area (Å²) in [5.41, 5.74) is 6.84. The maximum atomic E-state index is 5.96. The first-order chi connectivity index (χ1) is 9.14. The molecule has 2 aromatic rings. The molecule has 1 heterocycles. The van der Waals surface area contributed by atoms with Crippen LogP contribution in [0.4, 0.5) is 5.82 Å². The van der Waals surface area contributed by atoms with Crippen LogP contribution in [0.5, 0.6) is 0 Å². The van der Waals surface area contributed by atoms with Gasteiger partial charge in [-0.05, 0) is 32.6 Å². The SMILES string of the molecule is Cc1nnc(NC(C)(CN)C2CC2)c2ccccc12. The lowest BCUT2D eigenvalue weighted by molar-refractivity contribution is 0.458. The van der Waals surface area contributed by atoms with Gasteiger partial charge in [0.1, 0.15) is 0 Å². The van der Waals surface area contributed by atoms with E-state index in [1.807, 2.05) is 19.1 Å². The highest BCUT2D eigenvalue weighted by atomic mass is 15.2. The van der Waals surface area contributed by atoms with E-state index >= 15 is 0 Å². The molecule has 4 nitrogen and oxygen atoms in total. The summed E-state index contributed by atoms with van der Waals surface area (Å²) >= 11 is 0. The summed E-state index contributed by atoms with van der Waals surface area (Å²) in [5.74, 6) is 1.50. The Morgan fingerprint density at radius 2 is 1.95 bits per heavy atom. The number of aromatic nitrogens is 2. The first-order valence-corrected chi connectivity index (χ1v) is 6.84. The van der Waals surface area contributed by atoms with E-state index in [0.717, 1.165) is 22.3 Å². The van der Waals surface area contributed by atoms with Crippen LogP contribution in [0.2, 0.25) is 0 Å². The molecule has 1 aromatic carbocycles. The van der Waals surface area contributed by atoms with Gasteiger partial charge in [0.05, 0.1) is 11.2 Å². The second-order valence-electron chi connectivity index (χ2n) is 5.70. The van der Waals surface area contributed by atoms with Gasteiger partial charge in [0.2, 0.25) is 0 Å². The van der Waals surface area contributed by atoms with Crippen molar-refractivity contribution in [2.75, 3.05) is 11.9 Å². The van der Waals surface area contributed by atoms with E-state index < -0.39 is 0 Å². The van der Waals surface area contributed by atoms with Crippen molar-refractivity contribution in [2.24, 2.45) is 11.7 Å². The van der Waals surface area contributed by atoms with Crippen LogP contribution >= 0.6 is 0 Å². The van der Waals surface area contributed by atoms with Crippen molar-refractivity contribution >= 4 is 16.6 Å². The number of rotatable bonds is 4. The predicted molar refractivity (Wildman–Crippen MR) is 78.1 cm³/mol. The number of hydrogen-bond acceptors (Lipinski definition) is 4. The largest absolute Gasteiger partial charge is 0.361 e. The number of fused-ring (bicyclic) bond motifs is 1. The van der Waals surface area contributed by atoms with Crippen LogP contribution in [0.1, 0.15) is 25.5 Å². The molecule has 3 N–H and O–H groups in total. The maximum absolute atomic E-state index is 5.96. The molecule has 19 heavy (non-hydrogen) atoms. The number of hydrogen-bond donors (Lipinski definition) is 2.